The summed E-state index contributed by atoms with van der Waals surface area (Å²) in [5.41, 5.74) is 1.00. The fraction of sp³-hybridized carbons (Fsp3) is 0.526. The fourth-order valence-corrected chi connectivity index (χ4v) is 4.12. The quantitative estimate of drug-likeness (QED) is 0.810. The highest BCUT2D eigenvalue weighted by Gasteiger charge is 2.37. The van der Waals surface area contributed by atoms with Gasteiger partial charge >= 0.3 is 0 Å². The number of fused-ring (bicyclic) bond motifs is 1. The Hall–Kier alpha value is -1.63. The number of amides is 1. The van der Waals surface area contributed by atoms with Crippen LogP contribution in [0.4, 0.5) is 0 Å². The number of hydrogen-bond donors (Lipinski definition) is 2. The van der Waals surface area contributed by atoms with E-state index in [1.54, 1.807) is 6.20 Å². The fourth-order valence-electron chi connectivity index (χ4n) is 4.12. The third kappa shape index (κ3) is 4.81. The highest BCUT2D eigenvalue weighted by molar-refractivity contribution is 5.85. The lowest BCUT2D eigenvalue weighted by Gasteiger charge is -2.24. The molecule has 8 heteroatoms. The van der Waals surface area contributed by atoms with Crippen molar-refractivity contribution in [3.8, 4) is 5.82 Å². The maximum atomic E-state index is 12.5. The van der Waals surface area contributed by atoms with Crippen LogP contribution in [0.1, 0.15) is 43.5 Å². The summed E-state index contributed by atoms with van der Waals surface area (Å²) < 4.78 is 1.94. The summed E-state index contributed by atoms with van der Waals surface area (Å²) in [6, 6.07) is 4.47. The van der Waals surface area contributed by atoms with Gasteiger partial charge in [-0.05, 0) is 43.7 Å². The summed E-state index contributed by atoms with van der Waals surface area (Å²) in [6.07, 6.45) is 11.5. The number of imidazole rings is 1. The molecular weight excluding hydrogens is 385 g/mol. The van der Waals surface area contributed by atoms with E-state index in [9.17, 15) is 4.79 Å². The molecule has 1 aliphatic carbocycles. The van der Waals surface area contributed by atoms with E-state index in [0.29, 0.717) is 18.5 Å². The SMILES string of the molecule is Cc1nccn1-c1ccc(CNC(=O)C2CC3CCCCC3N2)cn1.Cl.Cl. The van der Waals surface area contributed by atoms with Crippen molar-refractivity contribution in [2.75, 3.05) is 0 Å². The maximum absolute atomic E-state index is 12.5. The lowest BCUT2D eigenvalue weighted by atomic mass is 9.85. The number of aryl methyl sites for hydroxylation is 1. The molecular formula is C19H27Cl2N5O. The predicted octanol–water partition coefficient (Wildman–Crippen LogP) is 2.96. The summed E-state index contributed by atoms with van der Waals surface area (Å²) in [5, 5.41) is 6.58. The lowest BCUT2D eigenvalue weighted by Crippen LogP contribution is -2.42. The van der Waals surface area contributed by atoms with Gasteiger partial charge in [-0.1, -0.05) is 18.9 Å². The normalized spacial score (nSPS) is 23.7. The van der Waals surface area contributed by atoms with E-state index in [1.165, 1.54) is 25.7 Å². The molecule has 27 heavy (non-hydrogen) atoms. The van der Waals surface area contributed by atoms with E-state index in [-0.39, 0.29) is 36.8 Å². The average molecular weight is 412 g/mol. The Kier molecular flexibility index (Phi) is 7.65. The summed E-state index contributed by atoms with van der Waals surface area (Å²) in [4.78, 5) is 21.1. The summed E-state index contributed by atoms with van der Waals surface area (Å²) >= 11 is 0. The van der Waals surface area contributed by atoms with Crippen molar-refractivity contribution in [3.05, 3.63) is 42.1 Å². The van der Waals surface area contributed by atoms with Crippen LogP contribution in [-0.4, -0.2) is 32.5 Å². The molecule has 2 aromatic heterocycles. The number of aromatic nitrogens is 3. The van der Waals surface area contributed by atoms with E-state index in [1.807, 2.05) is 36.0 Å². The van der Waals surface area contributed by atoms with Crippen molar-refractivity contribution in [1.82, 2.24) is 25.2 Å². The lowest BCUT2D eigenvalue weighted by molar-refractivity contribution is -0.123. The van der Waals surface area contributed by atoms with Gasteiger partial charge in [0.25, 0.3) is 0 Å². The van der Waals surface area contributed by atoms with E-state index in [4.69, 9.17) is 0 Å². The average Bonchev–Trinajstić information content (AvgIpc) is 3.26. The Labute approximate surface area is 172 Å². The molecule has 2 aromatic rings. The number of nitrogens with one attached hydrogen (secondary N) is 2. The van der Waals surface area contributed by atoms with E-state index < -0.39 is 0 Å². The first kappa shape index (κ1) is 21.7. The molecule has 3 heterocycles. The minimum Gasteiger partial charge on any atom is -0.351 e. The second kappa shape index (κ2) is 9.53. The molecule has 0 bridgehead atoms. The van der Waals surface area contributed by atoms with E-state index >= 15 is 0 Å². The van der Waals surface area contributed by atoms with Crippen LogP contribution in [0.25, 0.3) is 5.82 Å². The molecule has 1 amide bonds. The molecule has 2 fully saturated rings. The third-order valence-electron chi connectivity index (χ3n) is 5.53. The predicted molar refractivity (Wildman–Crippen MR) is 110 cm³/mol. The highest BCUT2D eigenvalue weighted by atomic mass is 35.5. The van der Waals surface area contributed by atoms with Gasteiger partial charge in [0.15, 0.2) is 0 Å². The highest BCUT2D eigenvalue weighted by Crippen LogP contribution is 2.33. The number of pyridine rings is 1. The molecule has 1 saturated heterocycles. The van der Waals surface area contributed by atoms with Gasteiger partial charge in [0.2, 0.25) is 5.91 Å². The van der Waals surface area contributed by atoms with Crippen LogP contribution in [-0.2, 0) is 11.3 Å². The number of carbonyl (C=O) groups is 1. The van der Waals surface area contributed by atoms with Crippen molar-refractivity contribution in [3.63, 3.8) is 0 Å². The van der Waals surface area contributed by atoms with Crippen molar-refractivity contribution in [1.29, 1.82) is 0 Å². The first-order chi connectivity index (χ1) is 12.2. The molecule has 3 unspecified atom stereocenters. The summed E-state index contributed by atoms with van der Waals surface area (Å²) in [5.74, 6) is 2.54. The molecule has 0 radical (unpaired) electrons. The van der Waals surface area contributed by atoms with Crippen LogP contribution in [0, 0.1) is 12.8 Å². The third-order valence-corrected chi connectivity index (χ3v) is 5.53. The van der Waals surface area contributed by atoms with E-state index in [0.717, 1.165) is 23.6 Å². The Bertz CT molecular complexity index is 735. The number of rotatable bonds is 4. The van der Waals surface area contributed by atoms with Crippen molar-refractivity contribution < 1.29 is 4.79 Å². The Morgan fingerprint density at radius 2 is 2.07 bits per heavy atom. The van der Waals surface area contributed by atoms with Crippen LogP contribution >= 0.6 is 24.8 Å². The number of hydrogen-bond acceptors (Lipinski definition) is 4. The van der Waals surface area contributed by atoms with Crippen molar-refractivity contribution >= 4 is 30.7 Å². The minimum atomic E-state index is -0.0334. The van der Waals surface area contributed by atoms with Crippen LogP contribution < -0.4 is 10.6 Å². The second-order valence-electron chi connectivity index (χ2n) is 7.19. The summed E-state index contributed by atoms with van der Waals surface area (Å²) in [7, 11) is 0. The standard InChI is InChI=1S/C19H25N5O.2ClH/c1-13-20-8-9-24(13)18-7-6-14(11-21-18)12-22-19(25)17-10-15-4-2-3-5-16(15)23-17;;/h6-9,11,15-17,23H,2-5,10,12H2,1H3,(H,22,25);2*1H. The molecule has 0 aromatic carbocycles. The number of halogens is 2. The van der Waals surface area contributed by atoms with Gasteiger partial charge in [-0.3, -0.25) is 9.36 Å². The molecule has 148 valence electrons. The molecule has 2 aliphatic rings. The topological polar surface area (TPSA) is 71.8 Å². The zero-order chi connectivity index (χ0) is 17.2. The van der Waals surface area contributed by atoms with Crippen molar-refractivity contribution in [2.24, 2.45) is 5.92 Å². The van der Waals surface area contributed by atoms with Crippen molar-refractivity contribution in [2.45, 2.75) is 57.7 Å². The van der Waals surface area contributed by atoms with Crippen LogP contribution in [0.3, 0.4) is 0 Å². The molecule has 2 N–H and O–H groups in total. The van der Waals surface area contributed by atoms with Gasteiger partial charge < -0.3 is 10.6 Å². The van der Waals surface area contributed by atoms with Gasteiger partial charge in [0.05, 0.1) is 6.04 Å². The maximum Gasteiger partial charge on any atom is 0.237 e. The Morgan fingerprint density at radius 1 is 1.26 bits per heavy atom. The summed E-state index contributed by atoms with van der Waals surface area (Å²) in [6.45, 7) is 2.46. The number of carbonyl (C=O) groups excluding carboxylic acids is 1. The molecule has 1 saturated carbocycles. The molecule has 6 nitrogen and oxygen atoms in total. The minimum absolute atomic E-state index is 0. The molecule has 3 atom stereocenters. The Balaban J connectivity index is 0.00000131. The van der Waals surface area contributed by atoms with E-state index in [2.05, 4.69) is 20.6 Å². The van der Waals surface area contributed by atoms with Gasteiger partial charge in [0, 0.05) is 31.2 Å². The van der Waals surface area contributed by atoms with Gasteiger partial charge in [-0.15, -0.1) is 24.8 Å². The smallest absolute Gasteiger partial charge is 0.237 e. The van der Waals surface area contributed by atoms with Crippen LogP contribution in [0.15, 0.2) is 30.7 Å². The number of nitrogens with zero attached hydrogens (tertiary/aromatic N) is 3. The molecule has 0 spiro atoms. The van der Waals surface area contributed by atoms with Gasteiger partial charge in [-0.2, -0.15) is 0 Å². The monoisotopic (exact) mass is 411 g/mol. The molecule has 1 aliphatic heterocycles. The van der Waals surface area contributed by atoms with Gasteiger partial charge in [0.1, 0.15) is 11.6 Å². The Morgan fingerprint density at radius 3 is 2.74 bits per heavy atom. The first-order valence-corrected chi connectivity index (χ1v) is 9.20. The van der Waals surface area contributed by atoms with Gasteiger partial charge in [-0.25, -0.2) is 9.97 Å². The zero-order valence-electron chi connectivity index (χ0n) is 15.4. The first-order valence-electron chi connectivity index (χ1n) is 9.20. The second-order valence-corrected chi connectivity index (χ2v) is 7.19. The van der Waals surface area contributed by atoms with Crippen LogP contribution in [0.2, 0.25) is 0 Å². The zero-order valence-corrected chi connectivity index (χ0v) is 17.1. The van der Waals surface area contributed by atoms with Crippen LogP contribution in [0.5, 0.6) is 0 Å². The molecule has 4 rings (SSSR count). The largest absolute Gasteiger partial charge is 0.351 e.